The zero-order valence-electron chi connectivity index (χ0n) is 13.8. The minimum absolute atomic E-state index is 0.464. The van der Waals surface area contributed by atoms with E-state index in [1.165, 1.54) is 0 Å². The lowest BCUT2D eigenvalue weighted by molar-refractivity contribution is 0.305. The van der Waals surface area contributed by atoms with Gasteiger partial charge in [0.1, 0.15) is 12.4 Å². The molecule has 128 valence electrons. The lowest BCUT2D eigenvalue weighted by atomic mass is 10.0. The number of rotatable bonds is 5. The second-order valence-corrected chi connectivity index (χ2v) is 6.99. The SMILES string of the molecule is N#C/C(=C\c1cc(Br)ccc1OCc1ccccc1)c1ccc(Cl)cc1. The molecule has 0 radical (unpaired) electrons. The predicted octanol–water partition coefficient (Wildman–Crippen LogP) is 6.75. The fourth-order valence-electron chi connectivity index (χ4n) is 2.46. The van der Waals surface area contributed by atoms with E-state index in [0.717, 1.165) is 26.9 Å². The van der Waals surface area contributed by atoms with Crippen molar-refractivity contribution in [1.82, 2.24) is 0 Å². The third-order valence-corrected chi connectivity index (χ3v) is 4.53. The number of nitrogens with zero attached hydrogens (tertiary/aromatic N) is 1. The summed E-state index contributed by atoms with van der Waals surface area (Å²) in [7, 11) is 0. The zero-order chi connectivity index (χ0) is 18.4. The quantitative estimate of drug-likeness (QED) is 0.335. The van der Waals surface area contributed by atoms with Crippen LogP contribution < -0.4 is 4.74 Å². The molecule has 2 nitrogen and oxygen atoms in total. The molecule has 0 aromatic heterocycles. The van der Waals surface area contributed by atoms with Gasteiger partial charge in [0, 0.05) is 15.1 Å². The maximum Gasteiger partial charge on any atom is 0.127 e. The molecule has 3 aromatic carbocycles. The van der Waals surface area contributed by atoms with Gasteiger partial charge in [-0.2, -0.15) is 5.26 Å². The highest BCUT2D eigenvalue weighted by molar-refractivity contribution is 9.10. The predicted molar refractivity (Wildman–Crippen MR) is 110 cm³/mol. The Morgan fingerprint density at radius 1 is 1.04 bits per heavy atom. The van der Waals surface area contributed by atoms with E-state index >= 15 is 0 Å². The van der Waals surface area contributed by atoms with E-state index in [9.17, 15) is 5.26 Å². The van der Waals surface area contributed by atoms with Crippen LogP contribution in [0.2, 0.25) is 5.02 Å². The van der Waals surface area contributed by atoms with Gasteiger partial charge in [-0.1, -0.05) is 70.0 Å². The minimum Gasteiger partial charge on any atom is -0.488 e. The van der Waals surface area contributed by atoms with Gasteiger partial charge in [-0.25, -0.2) is 0 Å². The Morgan fingerprint density at radius 3 is 2.46 bits per heavy atom. The molecule has 0 bridgehead atoms. The fourth-order valence-corrected chi connectivity index (χ4v) is 2.97. The van der Waals surface area contributed by atoms with Crippen molar-refractivity contribution in [3.8, 4) is 11.8 Å². The number of allylic oxidation sites excluding steroid dienone is 1. The molecule has 0 atom stereocenters. The van der Waals surface area contributed by atoms with Gasteiger partial charge in [0.2, 0.25) is 0 Å². The van der Waals surface area contributed by atoms with Crippen LogP contribution in [0, 0.1) is 11.3 Å². The summed E-state index contributed by atoms with van der Waals surface area (Å²) in [5, 5.41) is 10.2. The van der Waals surface area contributed by atoms with Crippen molar-refractivity contribution in [2.45, 2.75) is 6.61 Å². The Kier molecular flexibility index (Phi) is 6.12. The maximum absolute atomic E-state index is 9.57. The first-order valence-electron chi connectivity index (χ1n) is 8.00. The molecule has 0 N–H and O–H groups in total. The molecule has 0 aliphatic heterocycles. The van der Waals surface area contributed by atoms with Gasteiger partial charge in [0.15, 0.2) is 0 Å². The number of nitriles is 1. The van der Waals surface area contributed by atoms with E-state index in [0.29, 0.717) is 17.2 Å². The molecule has 0 fully saturated rings. The van der Waals surface area contributed by atoms with E-state index in [1.807, 2.05) is 66.7 Å². The average molecular weight is 425 g/mol. The molecule has 4 heteroatoms. The van der Waals surface area contributed by atoms with Gasteiger partial charge in [-0.3, -0.25) is 0 Å². The lowest BCUT2D eigenvalue weighted by Gasteiger charge is -2.11. The van der Waals surface area contributed by atoms with Crippen molar-refractivity contribution in [3.63, 3.8) is 0 Å². The Hall–Kier alpha value is -2.54. The van der Waals surface area contributed by atoms with Gasteiger partial charge in [0.25, 0.3) is 0 Å². The molecule has 0 saturated heterocycles. The molecule has 0 amide bonds. The molecule has 0 aliphatic rings. The van der Waals surface area contributed by atoms with Crippen molar-refractivity contribution < 1.29 is 4.74 Å². The Labute approximate surface area is 166 Å². The van der Waals surface area contributed by atoms with E-state index in [2.05, 4.69) is 22.0 Å². The van der Waals surface area contributed by atoms with Crippen LogP contribution in [0.5, 0.6) is 5.75 Å². The third kappa shape index (κ3) is 4.76. The molecular formula is C22H15BrClNO. The maximum atomic E-state index is 9.57. The van der Waals surface area contributed by atoms with Crippen LogP contribution in [0.1, 0.15) is 16.7 Å². The number of ether oxygens (including phenoxy) is 1. The molecule has 3 rings (SSSR count). The van der Waals surface area contributed by atoms with Gasteiger partial charge in [-0.05, 0) is 47.5 Å². The van der Waals surface area contributed by atoms with Crippen LogP contribution in [0.15, 0.2) is 77.3 Å². The largest absolute Gasteiger partial charge is 0.488 e. The lowest BCUT2D eigenvalue weighted by Crippen LogP contribution is -1.97. The number of hydrogen-bond acceptors (Lipinski definition) is 2. The summed E-state index contributed by atoms with van der Waals surface area (Å²) in [6.45, 7) is 0.464. The first-order chi connectivity index (χ1) is 12.7. The number of benzene rings is 3. The summed E-state index contributed by atoms with van der Waals surface area (Å²) in [4.78, 5) is 0. The third-order valence-electron chi connectivity index (χ3n) is 3.78. The molecule has 0 heterocycles. The number of hydrogen-bond donors (Lipinski definition) is 0. The van der Waals surface area contributed by atoms with Gasteiger partial charge in [-0.15, -0.1) is 0 Å². The molecule has 0 spiro atoms. The van der Waals surface area contributed by atoms with Crippen molar-refractivity contribution in [2.75, 3.05) is 0 Å². The Morgan fingerprint density at radius 2 is 1.77 bits per heavy atom. The molecule has 0 saturated carbocycles. The van der Waals surface area contributed by atoms with Crippen LogP contribution in [-0.4, -0.2) is 0 Å². The van der Waals surface area contributed by atoms with Crippen molar-refractivity contribution in [1.29, 1.82) is 5.26 Å². The molecule has 0 aliphatic carbocycles. The smallest absolute Gasteiger partial charge is 0.127 e. The van der Waals surface area contributed by atoms with Gasteiger partial charge < -0.3 is 4.74 Å². The van der Waals surface area contributed by atoms with Crippen molar-refractivity contribution in [2.24, 2.45) is 0 Å². The monoisotopic (exact) mass is 423 g/mol. The first-order valence-corrected chi connectivity index (χ1v) is 9.17. The van der Waals surface area contributed by atoms with Crippen LogP contribution in [0.4, 0.5) is 0 Å². The average Bonchev–Trinajstić information content (AvgIpc) is 2.67. The first kappa shape index (κ1) is 18.3. The second kappa shape index (κ2) is 8.71. The molecular weight excluding hydrogens is 410 g/mol. The van der Waals surface area contributed by atoms with Gasteiger partial charge >= 0.3 is 0 Å². The summed E-state index contributed by atoms with van der Waals surface area (Å²) in [6.07, 6.45) is 1.83. The van der Waals surface area contributed by atoms with E-state index in [1.54, 1.807) is 12.1 Å². The van der Waals surface area contributed by atoms with Crippen LogP contribution in [0.3, 0.4) is 0 Å². The van der Waals surface area contributed by atoms with E-state index in [4.69, 9.17) is 16.3 Å². The van der Waals surface area contributed by atoms with Crippen molar-refractivity contribution >= 4 is 39.2 Å². The summed E-state index contributed by atoms with van der Waals surface area (Å²) < 4.78 is 6.90. The van der Waals surface area contributed by atoms with E-state index < -0.39 is 0 Å². The van der Waals surface area contributed by atoms with Crippen LogP contribution in [0.25, 0.3) is 11.6 Å². The Balaban J connectivity index is 1.91. The van der Waals surface area contributed by atoms with Crippen LogP contribution >= 0.6 is 27.5 Å². The Bertz CT molecular complexity index is 960. The summed E-state index contributed by atoms with van der Waals surface area (Å²) in [5.41, 5.74) is 3.28. The van der Waals surface area contributed by atoms with Crippen LogP contribution in [-0.2, 0) is 6.61 Å². The summed E-state index contributed by atoms with van der Waals surface area (Å²) >= 11 is 9.42. The summed E-state index contributed by atoms with van der Waals surface area (Å²) in [5.74, 6) is 0.721. The van der Waals surface area contributed by atoms with E-state index in [-0.39, 0.29) is 0 Å². The topological polar surface area (TPSA) is 33.0 Å². The standard InChI is InChI=1S/C22H15BrClNO/c23-20-8-11-22(26-15-16-4-2-1-3-5-16)18(13-20)12-19(14-25)17-6-9-21(24)10-7-17/h1-13H,15H2/b19-12+. The second-order valence-electron chi connectivity index (χ2n) is 5.63. The molecule has 0 unspecified atom stereocenters. The molecule has 26 heavy (non-hydrogen) atoms. The van der Waals surface area contributed by atoms with Gasteiger partial charge in [0.05, 0.1) is 11.6 Å². The minimum atomic E-state index is 0.464. The zero-order valence-corrected chi connectivity index (χ0v) is 16.2. The highest BCUT2D eigenvalue weighted by Crippen LogP contribution is 2.29. The summed E-state index contributed by atoms with van der Waals surface area (Å²) in [6, 6.07) is 25.2. The fraction of sp³-hybridized carbons (Fsp3) is 0.0455. The van der Waals surface area contributed by atoms with Crippen molar-refractivity contribution in [3.05, 3.63) is 99.0 Å². The highest BCUT2D eigenvalue weighted by atomic mass is 79.9. The highest BCUT2D eigenvalue weighted by Gasteiger charge is 2.07. The number of halogens is 2. The molecule has 3 aromatic rings. The normalized spacial score (nSPS) is 11.0.